The SMILES string of the molecule is O=C(Cc1csc(-c2ccc(Cl)s2)n1)NCCO. The molecule has 0 bridgehead atoms. The molecule has 1 amide bonds. The maximum Gasteiger partial charge on any atom is 0.226 e. The molecule has 2 aromatic heterocycles. The highest BCUT2D eigenvalue weighted by molar-refractivity contribution is 7.23. The lowest BCUT2D eigenvalue weighted by atomic mass is 10.3. The number of amides is 1. The Hall–Kier alpha value is -0.950. The summed E-state index contributed by atoms with van der Waals surface area (Å²) in [6.07, 6.45) is 0.232. The van der Waals surface area contributed by atoms with Crippen LogP contribution in [0.15, 0.2) is 17.5 Å². The van der Waals surface area contributed by atoms with Crippen LogP contribution in [0.5, 0.6) is 0 Å². The van der Waals surface area contributed by atoms with Crippen molar-refractivity contribution in [1.29, 1.82) is 0 Å². The average Bonchev–Trinajstić information content (AvgIpc) is 2.95. The van der Waals surface area contributed by atoms with Crippen molar-refractivity contribution in [3.05, 3.63) is 27.5 Å². The molecular formula is C11H11ClN2O2S2. The van der Waals surface area contributed by atoms with E-state index in [0.717, 1.165) is 19.9 Å². The molecule has 2 heterocycles. The number of carbonyl (C=O) groups is 1. The van der Waals surface area contributed by atoms with E-state index in [0.29, 0.717) is 0 Å². The summed E-state index contributed by atoms with van der Waals surface area (Å²) in [5, 5.41) is 13.9. The van der Waals surface area contributed by atoms with Crippen molar-refractivity contribution in [3.8, 4) is 9.88 Å². The minimum Gasteiger partial charge on any atom is -0.395 e. The molecule has 96 valence electrons. The number of carbonyl (C=O) groups excluding carboxylic acids is 1. The summed E-state index contributed by atoms with van der Waals surface area (Å²) in [5.41, 5.74) is 0.731. The highest BCUT2D eigenvalue weighted by atomic mass is 35.5. The number of nitrogens with one attached hydrogen (secondary N) is 1. The van der Waals surface area contributed by atoms with Gasteiger partial charge in [-0.25, -0.2) is 4.98 Å². The number of hydrogen-bond acceptors (Lipinski definition) is 5. The predicted octanol–water partition coefficient (Wildman–Crippen LogP) is 2.18. The number of rotatable bonds is 5. The average molecular weight is 303 g/mol. The zero-order valence-electron chi connectivity index (χ0n) is 9.35. The van der Waals surface area contributed by atoms with Gasteiger partial charge < -0.3 is 10.4 Å². The second-order valence-corrected chi connectivity index (χ2v) is 6.07. The quantitative estimate of drug-likeness (QED) is 0.890. The molecule has 0 saturated carbocycles. The van der Waals surface area contributed by atoms with Crippen LogP contribution >= 0.6 is 34.3 Å². The summed E-state index contributed by atoms with van der Waals surface area (Å²) in [6.45, 7) is 0.220. The van der Waals surface area contributed by atoms with Gasteiger partial charge in [0.15, 0.2) is 0 Å². The topological polar surface area (TPSA) is 62.2 Å². The fraction of sp³-hybridized carbons (Fsp3) is 0.273. The summed E-state index contributed by atoms with van der Waals surface area (Å²) >= 11 is 8.83. The maximum absolute atomic E-state index is 11.4. The second kappa shape index (κ2) is 6.29. The van der Waals surface area contributed by atoms with Gasteiger partial charge in [-0.05, 0) is 12.1 Å². The van der Waals surface area contributed by atoms with E-state index in [1.807, 2.05) is 17.5 Å². The molecule has 0 atom stereocenters. The van der Waals surface area contributed by atoms with Crippen molar-refractivity contribution < 1.29 is 9.90 Å². The Balaban J connectivity index is 2.00. The van der Waals surface area contributed by atoms with Crippen LogP contribution in [0.2, 0.25) is 4.34 Å². The smallest absolute Gasteiger partial charge is 0.226 e. The largest absolute Gasteiger partial charge is 0.395 e. The van der Waals surface area contributed by atoms with Gasteiger partial charge in [-0.1, -0.05) is 11.6 Å². The normalized spacial score (nSPS) is 10.6. The van der Waals surface area contributed by atoms with Gasteiger partial charge in [0, 0.05) is 11.9 Å². The third kappa shape index (κ3) is 3.52. The molecule has 7 heteroatoms. The number of halogens is 1. The minimum atomic E-state index is -0.134. The lowest BCUT2D eigenvalue weighted by Crippen LogP contribution is -2.27. The van der Waals surface area contributed by atoms with Crippen LogP contribution in [0.4, 0.5) is 0 Å². The van der Waals surface area contributed by atoms with Crippen molar-refractivity contribution in [3.63, 3.8) is 0 Å². The fourth-order valence-corrected chi connectivity index (χ4v) is 3.29. The molecule has 18 heavy (non-hydrogen) atoms. The monoisotopic (exact) mass is 302 g/mol. The van der Waals surface area contributed by atoms with Crippen LogP contribution in [0, 0.1) is 0 Å². The van der Waals surface area contributed by atoms with Gasteiger partial charge in [0.1, 0.15) is 5.01 Å². The number of aliphatic hydroxyl groups excluding tert-OH is 1. The predicted molar refractivity (Wildman–Crippen MR) is 74.2 cm³/mol. The molecule has 0 aliphatic heterocycles. The van der Waals surface area contributed by atoms with E-state index in [1.54, 1.807) is 0 Å². The van der Waals surface area contributed by atoms with Gasteiger partial charge in [-0.2, -0.15) is 0 Å². The van der Waals surface area contributed by atoms with E-state index in [-0.39, 0.29) is 25.5 Å². The number of aliphatic hydroxyl groups is 1. The van der Waals surface area contributed by atoms with Gasteiger partial charge >= 0.3 is 0 Å². The Labute approximate surface area is 117 Å². The molecular weight excluding hydrogens is 292 g/mol. The van der Waals surface area contributed by atoms with Gasteiger partial charge in [-0.15, -0.1) is 22.7 Å². The molecule has 0 aliphatic carbocycles. The molecule has 0 aliphatic rings. The second-order valence-electron chi connectivity index (χ2n) is 3.50. The van der Waals surface area contributed by atoms with Crippen LogP contribution in [0.1, 0.15) is 5.69 Å². The van der Waals surface area contributed by atoms with Gasteiger partial charge in [0.05, 0.1) is 27.9 Å². The Morgan fingerprint density at radius 2 is 2.33 bits per heavy atom. The molecule has 4 nitrogen and oxygen atoms in total. The lowest BCUT2D eigenvalue weighted by Gasteiger charge is -1.99. The molecule has 0 aromatic carbocycles. The Kier molecular flexibility index (Phi) is 4.71. The molecule has 0 fully saturated rings. The summed E-state index contributed by atoms with van der Waals surface area (Å²) in [6, 6.07) is 3.75. The number of aromatic nitrogens is 1. The van der Waals surface area contributed by atoms with Crippen molar-refractivity contribution in [2.24, 2.45) is 0 Å². The van der Waals surface area contributed by atoms with Crippen molar-refractivity contribution in [2.75, 3.05) is 13.2 Å². The highest BCUT2D eigenvalue weighted by Gasteiger charge is 2.10. The highest BCUT2D eigenvalue weighted by Crippen LogP contribution is 2.32. The van der Waals surface area contributed by atoms with Crippen LogP contribution in [0.3, 0.4) is 0 Å². The lowest BCUT2D eigenvalue weighted by molar-refractivity contribution is -0.120. The Morgan fingerprint density at radius 1 is 1.50 bits per heavy atom. The Morgan fingerprint density at radius 3 is 3.00 bits per heavy atom. The third-order valence-electron chi connectivity index (χ3n) is 2.11. The molecule has 2 aromatic rings. The molecule has 0 radical (unpaired) electrons. The van der Waals surface area contributed by atoms with Crippen LogP contribution < -0.4 is 5.32 Å². The number of thiophene rings is 1. The van der Waals surface area contributed by atoms with Gasteiger partial charge in [0.2, 0.25) is 5.91 Å². The number of thiazole rings is 1. The molecule has 0 unspecified atom stereocenters. The minimum absolute atomic E-state index is 0.0538. The molecule has 2 rings (SSSR count). The van der Waals surface area contributed by atoms with E-state index in [1.165, 1.54) is 22.7 Å². The van der Waals surface area contributed by atoms with Crippen molar-refractivity contribution in [2.45, 2.75) is 6.42 Å². The first-order valence-corrected chi connectivity index (χ1v) is 7.34. The van der Waals surface area contributed by atoms with Crippen molar-refractivity contribution in [1.82, 2.24) is 10.3 Å². The fourth-order valence-electron chi connectivity index (χ4n) is 1.35. The first kappa shape index (κ1) is 13.5. The van der Waals surface area contributed by atoms with E-state index in [4.69, 9.17) is 16.7 Å². The number of nitrogens with zero attached hydrogens (tertiary/aromatic N) is 1. The molecule has 0 spiro atoms. The summed E-state index contributed by atoms with van der Waals surface area (Å²) in [7, 11) is 0. The Bertz CT molecular complexity index is 539. The van der Waals surface area contributed by atoms with E-state index >= 15 is 0 Å². The van der Waals surface area contributed by atoms with Crippen molar-refractivity contribution >= 4 is 40.2 Å². The van der Waals surface area contributed by atoms with Gasteiger partial charge in [-0.3, -0.25) is 4.79 Å². The standard InChI is InChI=1S/C11H11ClN2O2S2/c12-9-2-1-8(18-9)11-14-7(6-17-11)5-10(16)13-3-4-15/h1-2,6,15H,3-5H2,(H,13,16). The first-order valence-electron chi connectivity index (χ1n) is 5.26. The molecule has 2 N–H and O–H groups in total. The first-order chi connectivity index (χ1) is 8.69. The summed E-state index contributed by atoms with van der Waals surface area (Å²) < 4.78 is 0.724. The third-order valence-corrected chi connectivity index (χ3v) is 4.40. The summed E-state index contributed by atoms with van der Waals surface area (Å²) in [5.74, 6) is -0.134. The van der Waals surface area contributed by atoms with Crippen LogP contribution in [-0.2, 0) is 11.2 Å². The molecule has 0 saturated heterocycles. The summed E-state index contributed by atoms with van der Waals surface area (Å²) in [4.78, 5) is 16.8. The van der Waals surface area contributed by atoms with Gasteiger partial charge in [0.25, 0.3) is 0 Å². The maximum atomic E-state index is 11.4. The van der Waals surface area contributed by atoms with Crippen LogP contribution in [0.25, 0.3) is 9.88 Å². The number of hydrogen-bond donors (Lipinski definition) is 2. The zero-order chi connectivity index (χ0) is 13.0. The van der Waals surface area contributed by atoms with E-state index in [9.17, 15) is 4.79 Å². The van der Waals surface area contributed by atoms with Crippen LogP contribution in [-0.4, -0.2) is 29.1 Å². The van der Waals surface area contributed by atoms with E-state index in [2.05, 4.69) is 10.3 Å². The zero-order valence-corrected chi connectivity index (χ0v) is 11.7. The van der Waals surface area contributed by atoms with E-state index < -0.39 is 0 Å².